The standard InChI is InChI=1S/C22H29N5O/c1-7-15(8-2)16-9-14(4)22-25-19(20(21(23)28)27(22)12-16)17-11-24-18(26(5)6)10-13(17)3/h9-12,15H,7-8H2,1-6H3,(H2,23,28). The van der Waals surface area contributed by atoms with Crippen molar-refractivity contribution in [3.8, 4) is 11.3 Å². The van der Waals surface area contributed by atoms with Gasteiger partial charge in [0, 0.05) is 32.1 Å². The molecule has 6 nitrogen and oxygen atoms in total. The van der Waals surface area contributed by atoms with Gasteiger partial charge in [-0.15, -0.1) is 0 Å². The summed E-state index contributed by atoms with van der Waals surface area (Å²) in [6.07, 6.45) is 5.89. The molecule has 0 fully saturated rings. The molecule has 0 aliphatic heterocycles. The van der Waals surface area contributed by atoms with Crippen LogP contribution >= 0.6 is 0 Å². The first-order chi connectivity index (χ1) is 13.3. The molecule has 0 saturated heterocycles. The van der Waals surface area contributed by atoms with Crippen molar-refractivity contribution in [2.24, 2.45) is 5.73 Å². The lowest BCUT2D eigenvalue weighted by Crippen LogP contribution is -2.16. The van der Waals surface area contributed by atoms with Crippen molar-refractivity contribution in [1.29, 1.82) is 0 Å². The van der Waals surface area contributed by atoms with Crippen LogP contribution in [0.4, 0.5) is 5.82 Å². The van der Waals surface area contributed by atoms with Crippen LogP contribution in [-0.2, 0) is 0 Å². The number of aryl methyl sites for hydroxylation is 2. The van der Waals surface area contributed by atoms with Crippen LogP contribution in [0.2, 0.25) is 0 Å². The number of rotatable bonds is 6. The normalized spacial score (nSPS) is 11.4. The minimum atomic E-state index is -0.486. The van der Waals surface area contributed by atoms with Gasteiger partial charge in [-0.3, -0.25) is 9.20 Å². The molecule has 0 bridgehead atoms. The summed E-state index contributed by atoms with van der Waals surface area (Å²) in [7, 11) is 3.90. The number of carbonyl (C=O) groups excluding carboxylic acids is 1. The maximum absolute atomic E-state index is 12.4. The Morgan fingerprint density at radius 2 is 1.86 bits per heavy atom. The van der Waals surface area contributed by atoms with E-state index in [1.807, 2.05) is 49.5 Å². The molecule has 0 aliphatic rings. The number of fused-ring (bicyclic) bond motifs is 1. The van der Waals surface area contributed by atoms with E-state index in [1.165, 1.54) is 5.56 Å². The van der Waals surface area contributed by atoms with Gasteiger partial charge in [0.2, 0.25) is 0 Å². The molecule has 1 amide bonds. The van der Waals surface area contributed by atoms with Gasteiger partial charge >= 0.3 is 0 Å². The number of hydrogen-bond donors (Lipinski definition) is 1. The molecule has 0 saturated carbocycles. The van der Waals surface area contributed by atoms with Crippen LogP contribution in [-0.4, -0.2) is 34.4 Å². The molecule has 3 aromatic heterocycles. The minimum absolute atomic E-state index is 0.411. The van der Waals surface area contributed by atoms with Crippen molar-refractivity contribution in [3.05, 3.63) is 46.9 Å². The highest BCUT2D eigenvalue weighted by molar-refractivity contribution is 5.99. The number of carbonyl (C=O) groups is 1. The predicted octanol–water partition coefficient (Wildman–Crippen LogP) is 4.08. The van der Waals surface area contributed by atoms with Crippen molar-refractivity contribution in [1.82, 2.24) is 14.4 Å². The summed E-state index contributed by atoms with van der Waals surface area (Å²) < 4.78 is 1.86. The quantitative estimate of drug-likeness (QED) is 0.700. The highest BCUT2D eigenvalue weighted by atomic mass is 16.1. The number of amides is 1. The lowest BCUT2D eigenvalue weighted by molar-refractivity contribution is 0.0995. The Labute approximate surface area is 166 Å². The first-order valence-corrected chi connectivity index (χ1v) is 9.75. The molecule has 28 heavy (non-hydrogen) atoms. The maximum atomic E-state index is 12.4. The molecule has 0 atom stereocenters. The number of pyridine rings is 2. The first-order valence-electron chi connectivity index (χ1n) is 9.75. The van der Waals surface area contributed by atoms with Crippen LogP contribution in [0.1, 0.15) is 59.8 Å². The Bertz CT molecular complexity index is 1030. The van der Waals surface area contributed by atoms with Gasteiger partial charge in [-0.1, -0.05) is 19.9 Å². The third-order valence-electron chi connectivity index (χ3n) is 5.43. The Morgan fingerprint density at radius 1 is 1.18 bits per heavy atom. The molecule has 3 aromatic rings. The van der Waals surface area contributed by atoms with E-state index in [0.717, 1.165) is 41.0 Å². The van der Waals surface area contributed by atoms with E-state index in [1.54, 1.807) is 6.20 Å². The molecule has 3 heterocycles. The van der Waals surface area contributed by atoms with Crippen LogP contribution in [0.25, 0.3) is 16.9 Å². The average molecular weight is 380 g/mol. The van der Waals surface area contributed by atoms with Gasteiger partial charge in [-0.2, -0.15) is 0 Å². The summed E-state index contributed by atoms with van der Waals surface area (Å²) in [6, 6.07) is 4.17. The highest BCUT2D eigenvalue weighted by Gasteiger charge is 2.22. The second kappa shape index (κ2) is 7.62. The molecule has 6 heteroatoms. The van der Waals surface area contributed by atoms with E-state index in [2.05, 4.69) is 24.9 Å². The van der Waals surface area contributed by atoms with Crippen LogP contribution in [0, 0.1) is 13.8 Å². The third kappa shape index (κ3) is 3.35. The zero-order valence-electron chi connectivity index (χ0n) is 17.6. The monoisotopic (exact) mass is 379 g/mol. The second-order valence-electron chi connectivity index (χ2n) is 7.59. The number of primary amides is 1. The van der Waals surface area contributed by atoms with Gasteiger partial charge in [0.1, 0.15) is 22.9 Å². The lowest BCUT2D eigenvalue weighted by atomic mass is 9.94. The summed E-state index contributed by atoms with van der Waals surface area (Å²) >= 11 is 0. The van der Waals surface area contributed by atoms with E-state index >= 15 is 0 Å². The Balaban J connectivity index is 2.28. The van der Waals surface area contributed by atoms with Crippen LogP contribution in [0.15, 0.2) is 24.5 Å². The fraction of sp³-hybridized carbons (Fsp3) is 0.409. The van der Waals surface area contributed by atoms with Gasteiger partial charge < -0.3 is 10.6 Å². The number of hydrogen-bond acceptors (Lipinski definition) is 4. The Kier molecular flexibility index (Phi) is 5.40. The van der Waals surface area contributed by atoms with Gasteiger partial charge in [0.25, 0.3) is 5.91 Å². The molecule has 0 radical (unpaired) electrons. The molecule has 0 aromatic carbocycles. The van der Waals surface area contributed by atoms with Gasteiger partial charge in [0.05, 0.1) is 0 Å². The van der Waals surface area contributed by atoms with Gasteiger partial charge in [-0.05, 0) is 55.4 Å². The van der Waals surface area contributed by atoms with Crippen molar-refractivity contribution in [2.45, 2.75) is 46.5 Å². The Morgan fingerprint density at radius 3 is 2.39 bits per heavy atom. The summed E-state index contributed by atoms with van der Waals surface area (Å²) in [5.74, 6) is 0.815. The highest BCUT2D eigenvalue weighted by Crippen LogP contribution is 2.31. The third-order valence-corrected chi connectivity index (χ3v) is 5.43. The topological polar surface area (TPSA) is 76.5 Å². The van der Waals surface area contributed by atoms with E-state index in [-0.39, 0.29) is 0 Å². The van der Waals surface area contributed by atoms with E-state index in [9.17, 15) is 4.79 Å². The second-order valence-corrected chi connectivity index (χ2v) is 7.59. The predicted molar refractivity (Wildman–Crippen MR) is 114 cm³/mol. The number of imidazole rings is 1. The van der Waals surface area contributed by atoms with E-state index < -0.39 is 5.91 Å². The molecule has 0 aliphatic carbocycles. The SMILES string of the molecule is CCC(CC)c1cc(C)c2nc(-c3cnc(N(C)C)cc3C)c(C(N)=O)n2c1. The molecule has 3 rings (SSSR count). The van der Waals surface area contributed by atoms with E-state index in [4.69, 9.17) is 10.7 Å². The van der Waals surface area contributed by atoms with Crippen molar-refractivity contribution in [2.75, 3.05) is 19.0 Å². The smallest absolute Gasteiger partial charge is 0.268 e. The maximum Gasteiger partial charge on any atom is 0.268 e. The number of anilines is 1. The largest absolute Gasteiger partial charge is 0.364 e. The molecular formula is C22H29N5O. The molecule has 2 N–H and O–H groups in total. The van der Waals surface area contributed by atoms with E-state index in [0.29, 0.717) is 17.3 Å². The van der Waals surface area contributed by atoms with Crippen molar-refractivity contribution >= 4 is 17.4 Å². The molecular weight excluding hydrogens is 350 g/mol. The summed E-state index contributed by atoms with van der Waals surface area (Å²) in [5.41, 5.74) is 11.6. The summed E-state index contributed by atoms with van der Waals surface area (Å²) in [4.78, 5) is 23.7. The zero-order valence-corrected chi connectivity index (χ0v) is 17.6. The summed E-state index contributed by atoms with van der Waals surface area (Å²) in [5, 5.41) is 0. The fourth-order valence-electron chi connectivity index (χ4n) is 3.78. The van der Waals surface area contributed by atoms with Crippen LogP contribution in [0.3, 0.4) is 0 Å². The Hall–Kier alpha value is -2.89. The van der Waals surface area contributed by atoms with Crippen molar-refractivity contribution < 1.29 is 4.79 Å². The first kappa shape index (κ1) is 19.9. The number of nitrogens with zero attached hydrogens (tertiary/aromatic N) is 4. The van der Waals surface area contributed by atoms with Gasteiger partial charge in [0.15, 0.2) is 0 Å². The number of aromatic nitrogens is 3. The zero-order chi connectivity index (χ0) is 20.6. The fourth-order valence-corrected chi connectivity index (χ4v) is 3.78. The van der Waals surface area contributed by atoms with Gasteiger partial charge in [-0.25, -0.2) is 9.97 Å². The molecule has 0 spiro atoms. The van der Waals surface area contributed by atoms with Crippen LogP contribution < -0.4 is 10.6 Å². The number of nitrogens with two attached hydrogens (primary N) is 1. The molecule has 148 valence electrons. The molecule has 0 unspecified atom stereocenters. The minimum Gasteiger partial charge on any atom is -0.364 e. The summed E-state index contributed by atoms with van der Waals surface area (Å²) in [6.45, 7) is 8.40. The van der Waals surface area contributed by atoms with Crippen LogP contribution in [0.5, 0.6) is 0 Å². The van der Waals surface area contributed by atoms with Crippen molar-refractivity contribution in [3.63, 3.8) is 0 Å². The lowest BCUT2D eigenvalue weighted by Gasteiger charge is -2.15. The average Bonchev–Trinajstić information content (AvgIpc) is 3.02.